The zero-order valence-electron chi connectivity index (χ0n) is 9.43. The first-order valence-electron chi connectivity index (χ1n) is 4.17. The Kier molecular flexibility index (Phi) is 9.89. The molecule has 1 N–H and O–H groups in total. The maximum atomic E-state index is 11.1. The number of H-pyrrole nitrogens is 1. The van der Waals surface area contributed by atoms with E-state index in [-0.39, 0.29) is 66.8 Å². The van der Waals surface area contributed by atoms with Gasteiger partial charge in [-0.2, -0.15) is 0 Å². The predicted molar refractivity (Wildman–Crippen MR) is 60.0 cm³/mol. The van der Waals surface area contributed by atoms with Crippen molar-refractivity contribution in [2.45, 2.75) is 0 Å². The Labute approximate surface area is 141 Å². The van der Waals surface area contributed by atoms with Crippen LogP contribution >= 0.6 is 0 Å². The van der Waals surface area contributed by atoms with E-state index < -0.39 is 0 Å². The van der Waals surface area contributed by atoms with Crippen molar-refractivity contribution in [1.29, 1.82) is 0 Å². The number of aromatic amines is 1. The minimum Gasteiger partial charge on any atom is -0.413 e. The molecule has 5 heteroatoms. The van der Waals surface area contributed by atoms with Gasteiger partial charge in [-0.05, 0) is 0 Å². The molecule has 0 saturated heterocycles. The van der Waals surface area contributed by atoms with Crippen LogP contribution < -0.4 is 5.56 Å². The Morgan fingerprint density at radius 1 is 1.24 bits per heavy atom. The van der Waals surface area contributed by atoms with Gasteiger partial charge in [-0.1, -0.05) is 30.3 Å². The molecule has 2 aromatic rings. The van der Waals surface area contributed by atoms with E-state index in [1.165, 1.54) is 0 Å². The van der Waals surface area contributed by atoms with Gasteiger partial charge >= 0.3 is 21.1 Å². The van der Waals surface area contributed by atoms with E-state index in [0.29, 0.717) is 11.5 Å². The van der Waals surface area contributed by atoms with Crippen LogP contribution in [0.1, 0.15) is 5.69 Å². The van der Waals surface area contributed by atoms with Crippen LogP contribution in [0.2, 0.25) is 0 Å². The van der Waals surface area contributed by atoms with Gasteiger partial charge in [-0.15, -0.1) is 0 Å². The van der Waals surface area contributed by atoms with E-state index in [9.17, 15) is 4.79 Å². The molecule has 0 spiro atoms. The number of nitrogens with one attached hydrogen (secondary N) is 1. The first-order valence-corrected chi connectivity index (χ1v) is 4.17. The molecule has 0 saturated carbocycles. The fourth-order valence-electron chi connectivity index (χ4n) is 1.19. The molecule has 3 nitrogen and oxygen atoms in total. The van der Waals surface area contributed by atoms with E-state index in [1.54, 1.807) is 0 Å². The Morgan fingerprint density at radius 3 is 2.35 bits per heavy atom. The molecule has 0 bridgehead atoms. The van der Waals surface area contributed by atoms with Crippen LogP contribution in [-0.2, 0) is 53.8 Å². The van der Waals surface area contributed by atoms with Crippen molar-refractivity contribution in [3.8, 4) is 11.4 Å². The van der Waals surface area contributed by atoms with Crippen molar-refractivity contribution < 1.29 is 53.8 Å². The predicted octanol–water partition coefficient (Wildman–Crippen LogP) is 1.86. The fourth-order valence-corrected chi connectivity index (χ4v) is 1.19. The van der Waals surface area contributed by atoms with Crippen molar-refractivity contribution in [3.63, 3.8) is 0 Å². The molecule has 0 atom stereocenters. The zero-order valence-corrected chi connectivity index (χ0v) is 15.2. The van der Waals surface area contributed by atoms with E-state index in [1.807, 2.05) is 30.3 Å². The summed E-state index contributed by atoms with van der Waals surface area (Å²) in [5.41, 5.74) is 0.917. The number of hydrogen-bond donors (Lipinski definition) is 1. The Balaban J connectivity index is 0. The van der Waals surface area contributed by atoms with Crippen LogP contribution in [0, 0.1) is 20.4 Å². The summed E-state index contributed by atoms with van der Waals surface area (Å²) in [5.74, 6) is 0.527. The normalized spacial score (nSPS) is 8.24. The molecule has 2 rings (SSSR count). The molecule has 0 aliphatic carbocycles. The van der Waals surface area contributed by atoms with Crippen LogP contribution in [0.4, 0.5) is 0 Å². The third-order valence-electron chi connectivity index (χ3n) is 1.78. The number of benzene rings is 1. The van der Waals surface area contributed by atoms with Gasteiger partial charge < -0.3 is 35.2 Å². The number of hydrogen-bond acceptors (Lipinski definition) is 2. The smallest absolute Gasteiger partial charge is 0.413 e. The Bertz CT molecular complexity index is 499. The van der Waals surface area contributed by atoms with Gasteiger partial charge in [0.05, 0.1) is 5.56 Å². The summed E-state index contributed by atoms with van der Waals surface area (Å²) >= 11 is 0. The largest absolute Gasteiger partial charge is 2.00 e. The molecule has 0 unspecified atom stereocenters. The van der Waals surface area contributed by atoms with Gasteiger partial charge in [-0.25, -0.2) is 0 Å². The van der Waals surface area contributed by atoms with Crippen LogP contribution in [0.15, 0.2) is 35.1 Å². The molecule has 1 aromatic heterocycles. The van der Waals surface area contributed by atoms with Crippen molar-refractivity contribution in [3.05, 3.63) is 66.8 Å². The standard InChI is InChI=1S/C11H8N2O.CH3.W.Y/c1-8-7-10(14)13-11(12-8)9-5-3-2-4-6-9;;;/h2-6H,1H2,(H,12,13,14);1H3;;/q-2;-1;+2;. The average molecular weight is 472 g/mol. The molecule has 85 valence electrons. The van der Waals surface area contributed by atoms with Gasteiger partial charge in [0, 0.05) is 38.3 Å². The number of rotatable bonds is 1. The van der Waals surface area contributed by atoms with Crippen LogP contribution in [0.5, 0.6) is 0 Å². The second-order valence-corrected chi connectivity index (χ2v) is 2.85. The maximum absolute atomic E-state index is 11.1. The second kappa shape index (κ2) is 8.80. The van der Waals surface area contributed by atoms with Crippen molar-refractivity contribution >= 4 is 0 Å². The Morgan fingerprint density at radius 2 is 1.82 bits per heavy atom. The van der Waals surface area contributed by atoms with Crippen molar-refractivity contribution in [2.24, 2.45) is 0 Å². The SMILES string of the molecule is [CH2-]c1[c-]c(=O)[nH]c(-c2ccccc2)n1.[CH3-].[W+2].[Y]. The fraction of sp³-hybridized carbons (Fsp3) is 0. The van der Waals surface area contributed by atoms with E-state index in [4.69, 9.17) is 0 Å². The summed E-state index contributed by atoms with van der Waals surface area (Å²) < 4.78 is 0. The van der Waals surface area contributed by atoms with Crippen molar-refractivity contribution in [1.82, 2.24) is 9.97 Å². The van der Waals surface area contributed by atoms with Crippen molar-refractivity contribution in [2.75, 3.05) is 0 Å². The summed E-state index contributed by atoms with van der Waals surface area (Å²) in [6.45, 7) is 3.58. The topological polar surface area (TPSA) is 45.8 Å². The monoisotopic (exact) mass is 472 g/mol. The summed E-state index contributed by atoms with van der Waals surface area (Å²) in [5, 5.41) is 0. The molecular weight excluding hydrogens is 461 g/mol. The van der Waals surface area contributed by atoms with Crippen LogP contribution in [0.25, 0.3) is 11.4 Å². The van der Waals surface area contributed by atoms with Gasteiger partial charge in [0.15, 0.2) is 0 Å². The maximum Gasteiger partial charge on any atom is 2.00 e. The first-order chi connectivity index (χ1) is 6.75. The Hall–Kier alpha value is -0.238. The molecule has 0 fully saturated rings. The van der Waals surface area contributed by atoms with E-state index >= 15 is 0 Å². The number of aromatic nitrogens is 2. The minimum absolute atomic E-state index is 0. The summed E-state index contributed by atoms with van der Waals surface area (Å²) in [6.07, 6.45) is 0. The summed E-state index contributed by atoms with van der Waals surface area (Å²) in [6, 6.07) is 11.9. The van der Waals surface area contributed by atoms with E-state index in [2.05, 4.69) is 23.0 Å². The molecular formula is C12H11N2OWY-. The van der Waals surface area contributed by atoms with Gasteiger partial charge in [0.25, 0.3) is 0 Å². The molecule has 1 radical (unpaired) electrons. The van der Waals surface area contributed by atoms with Gasteiger partial charge in [-0.3, -0.25) is 5.69 Å². The second-order valence-electron chi connectivity index (χ2n) is 2.85. The quantitative estimate of drug-likeness (QED) is 0.645. The minimum atomic E-state index is -0.302. The summed E-state index contributed by atoms with van der Waals surface area (Å²) in [4.78, 5) is 17.8. The number of nitrogens with zero attached hydrogens (tertiary/aromatic N) is 1. The molecule has 1 aromatic carbocycles. The molecule has 0 aliphatic rings. The molecule has 0 aliphatic heterocycles. The van der Waals surface area contributed by atoms with Gasteiger partial charge in [0.2, 0.25) is 0 Å². The summed E-state index contributed by atoms with van der Waals surface area (Å²) in [7, 11) is 0. The average Bonchev–Trinajstić information content (AvgIpc) is 2.18. The van der Waals surface area contributed by atoms with Crippen LogP contribution in [0.3, 0.4) is 0 Å². The third-order valence-corrected chi connectivity index (χ3v) is 1.78. The molecule has 1 heterocycles. The van der Waals surface area contributed by atoms with E-state index in [0.717, 1.165) is 5.56 Å². The molecule has 0 amide bonds. The van der Waals surface area contributed by atoms with Gasteiger partial charge in [0.1, 0.15) is 5.82 Å². The first kappa shape index (κ1) is 19.1. The third kappa shape index (κ3) is 5.29. The zero-order chi connectivity index (χ0) is 9.97. The molecule has 17 heavy (non-hydrogen) atoms. The van der Waals surface area contributed by atoms with Crippen LogP contribution in [-0.4, -0.2) is 9.97 Å².